The number of nitrogens with zero attached hydrogens (tertiary/aromatic N) is 1. The Morgan fingerprint density at radius 3 is 2.42 bits per heavy atom. The Kier molecular flexibility index (Phi) is 6.28. The summed E-state index contributed by atoms with van der Waals surface area (Å²) in [4.78, 5) is 26.3. The van der Waals surface area contributed by atoms with Crippen molar-refractivity contribution in [3.8, 4) is 11.5 Å². The molecule has 3 aromatic carbocycles. The third kappa shape index (κ3) is 4.86. The summed E-state index contributed by atoms with van der Waals surface area (Å²) in [6.07, 6.45) is 0. The van der Waals surface area contributed by atoms with Crippen LogP contribution in [-0.2, 0) is 17.9 Å². The summed E-state index contributed by atoms with van der Waals surface area (Å²) >= 11 is 0. The van der Waals surface area contributed by atoms with E-state index in [1.807, 2.05) is 31.2 Å². The molecule has 0 bridgehead atoms. The van der Waals surface area contributed by atoms with E-state index in [4.69, 9.17) is 9.47 Å². The number of aromatic nitrogens is 1. The minimum absolute atomic E-state index is 0.176. The minimum Gasteiger partial charge on any atom is -0.486 e. The van der Waals surface area contributed by atoms with Crippen molar-refractivity contribution in [1.29, 1.82) is 0 Å². The maximum atomic E-state index is 14.1. The Hall–Kier alpha value is -4.40. The van der Waals surface area contributed by atoms with Crippen molar-refractivity contribution in [1.82, 2.24) is 4.57 Å². The Labute approximate surface area is 205 Å². The van der Waals surface area contributed by atoms with E-state index in [2.05, 4.69) is 10.6 Å². The Morgan fingerprint density at radius 2 is 1.69 bits per heavy atom. The van der Waals surface area contributed by atoms with E-state index in [0.717, 1.165) is 23.4 Å². The van der Waals surface area contributed by atoms with Gasteiger partial charge in [0, 0.05) is 35.3 Å². The van der Waals surface area contributed by atoms with E-state index in [0.29, 0.717) is 47.2 Å². The number of hydrogen-bond donors (Lipinski definition) is 2. The van der Waals surface area contributed by atoms with Crippen molar-refractivity contribution in [2.24, 2.45) is 0 Å². The smallest absolute Gasteiger partial charge is 0.256 e. The summed E-state index contributed by atoms with van der Waals surface area (Å²) < 4.78 is 40.0. The Bertz CT molecular complexity index is 1520. The van der Waals surface area contributed by atoms with Gasteiger partial charge in [-0.1, -0.05) is 17.7 Å². The first-order valence-corrected chi connectivity index (χ1v) is 11.4. The van der Waals surface area contributed by atoms with Crippen molar-refractivity contribution < 1.29 is 23.0 Å². The van der Waals surface area contributed by atoms with E-state index in [1.165, 1.54) is 4.57 Å². The minimum atomic E-state index is -0.906. The van der Waals surface area contributed by atoms with E-state index in [9.17, 15) is 18.4 Å². The maximum absolute atomic E-state index is 14.1. The van der Waals surface area contributed by atoms with Crippen molar-refractivity contribution in [2.75, 3.05) is 23.8 Å². The molecule has 0 saturated carbocycles. The van der Waals surface area contributed by atoms with Gasteiger partial charge >= 0.3 is 0 Å². The molecule has 0 spiro atoms. The number of ether oxygens (including phenoxy) is 2. The molecule has 0 aliphatic carbocycles. The average Bonchev–Trinajstić information content (AvgIpc) is 2.86. The molecule has 1 aliphatic heterocycles. The second-order valence-electron chi connectivity index (χ2n) is 8.51. The van der Waals surface area contributed by atoms with Crippen LogP contribution in [0.15, 0.2) is 65.5 Å². The van der Waals surface area contributed by atoms with Crippen LogP contribution < -0.4 is 25.7 Å². The molecule has 9 heteroatoms. The summed E-state index contributed by atoms with van der Waals surface area (Å²) in [7, 11) is 0. The molecule has 0 radical (unpaired) electrons. The molecule has 2 heterocycles. The van der Waals surface area contributed by atoms with E-state index in [-0.39, 0.29) is 24.3 Å². The van der Waals surface area contributed by atoms with Crippen LogP contribution in [0, 0.1) is 18.6 Å². The molecule has 1 amide bonds. The number of pyridine rings is 1. The number of anilines is 2. The highest BCUT2D eigenvalue weighted by Gasteiger charge is 2.19. The summed E-state index contributed by atoms with van der Waals surface area (Å²) in [6.45, 7) is 2.60. The predicted octanol–water partition coefficient (Wildman–Crippen LogP) is 4.61. The number of halogens is 2. The van der Waals surface area contributed by atoms with Gasteiger partial charge in [0.2, 0.25) is 5.91 Å². The van der Waals surface area contributed by atoms with Crippen LogP contribution in [0.1, 0.15) is 11.1 Å². The van der Waals surface area contributed by atoms with Gasteiger partial charge in [-0.15, -0.1) is 0 Å². The molecule has 0 unspecified atom stereocenters. The molecule has 5 rings (SSSR count). The first-order valence-electron chi connectivity index (χ1n) is 11.4. The van der Waals surface area contributed by atoms with Crippen LogP contribution in [0.4, 0.5) is 20.2 Å². The van der Waals surface area contributed by atoms with Gasteiger partial charge in [0.1, 0.15) is 31.4 Å². The second-order valence-corrected chi connectivity index (χ2v) is 8.51. The first kappa shape index (κ1) is 23.3. The monoisotopic (exact) mass is 491 g/mol. The Morgan fingerprint density at radius 1 is 0.972 bits per heavy atom. The number of carbonyl (C=O) groups excluding carboxylic acids is 1. The molecule has 2 N–H and O–H groups in total. The summed E-state index contributed by atoms with van der Waals surface area (Å²) in [6, 6.07) is 15.8. The van der Waals surface area contributed by atoms with Gasteiger partial charge in [-0.25, -0.2) is 8.78 Å². The summed E-state index contributed by atoms with van der Waals surface area (Å²) in [5, 5.41) is 6.33. The largest absolute Gasteiger partial charge is 0.486 e. The first-order chi connectivity index (χ1) is 17.4. The van der Waals surface area contributed by atoms with E-state index in [1.54, 1.807) is 18.2 Å². The fraction of sp³-hybridized carbons (Fsp3) is 0.185. The second kappa shape index (κ2) is 9.69. The number of fused-ring (bicyclic) bond motifs is 2. The highest BCUT2D eigenvalue weighted by atomic mass is 19.1. The molecular formula is C27H23F2N3O4. The number of benzene rings is 3. The average molecular weight is 491 g/mol. The van der Waals surface area contributed by atoms with Crippen molar-refractivity contribution >= 4 is 28.2 Å². The standard InChI is InChI=1S/C27H23F2N3O4/c1-16-2-5-20(6-3-16)30-14-18-10-17-11-24-25(36-9-8-35-24)13-23(17)32(27(18)34)15-26(33)31-22-7-4-19(28)12-21(22)29/h2-7,10-13,30H,8-9,14-15H2,1H3,(H,31,33). The van der Waals surface area contributed by atoms with Gasteiger partial charge in [0.05, 0.1) is 11.2 Å². The van der Waals surface area contributed by atoms with Gasteiger partial charge in [-0.3, -0.25) is 14.2 Å². The van der Waals surface area contributed by atoms with Crippen LogP contribution >= 0.6 is 0 Å². The molecule has 0 atom stereocenters. The van der Waals surface area contributed by atoms with Gasteiger partial charge in [0.25, 0.3) is 5.56 Å². The lowest BCUT2D eigenvalue weighted by atomic mass is 10.1. The number of rotatable bonds is 6. The lowest BCUT2D eigenvalue weighted by Gasteiger charge is -2.21. The molecule has 1 aliphatic rings. The lowest BCUT2D eigenvalue weighted by molar-refractivity contribution is -0.116. The van der Waals surface area contributed by atoms with Crippen molar-refractivity contribution in [3.05, 3.63) is 93.8 Å². The van der Waals surface area contributed by atoms with Gasteiger partial charge < -0.3 is 20.1 Å². The molecule has 7 nitrogen and oxygen atoms in total. The topological polar surface area (TPSA) is 81.6 Å². The number of amides is 1. The highest BCUT2D eigenvalue weighted by Crippen LogP contribution is 2.34. The number of aryl methyl sites for hydroxylation is 1. The zero-order valence-electron chi connectivity index (χ0n) is 19.4. The molecule has 1 aromatic heterocycles. The van der Waals surface area contributed by atoms with Gasteiger partial charge in [-0.2, -0.15) is 0 Å². The number of carbonyl (C=O) groups is 1. The van der Waals surface area contributed by atoms with Crippen LogP contribution in [0.5, 0.6) is 11.5 Å². The molecule has 0 fully saturated rings. The molecule has 0 saturated heterocycles. The van der Waals surface area contributed by atoms with Crippen molar-refractivity contribution in [2.45, 2.75) is 20.0 Å². The Balaban J connectivity index is 1.51. The fourth-order valence-corrected chi connectivity index (χ4v) is 4.05. The quantitative estimate of drug-likeness (QED) is 0.412. The van der Waals surface area contributed by atoms with Crippen LogP contribution in [0.2, 0.25) is 0 Å². The highest BCUT2D eigenvalue weighted by molar-refractivity contribution is 5.92. The van der Waals surface area contributed by atoms with E-state index >= 15 is 0 Å². The lowest BCUT2D eigenvalue weighted by Crippen LogP contribution is -2.31. The van der Waals surface area contributed by atoms with Crippen LogP contribution in [0.3, 0.4) is 0 Å². The normalized spacial score (nSPS) is 12.4. The van der Waals surface area contributed by atoms with Gasteiger partial charge in [0.15, 0.2) is 11.5 Å². The summed E-state index contributed by atoms with van der Waals surface area (Å²) in [5.74, 6) is -1.28. The molecule has 184 valence electrons. The molecular weight excluding hydrogens is 468 g/mol. The third-order valence-corrected chi connectivity index (χ3v) is 5.87. The van der Waals surface area contributed by atoms with Gasteiger partial charge in [-0.05, 0) is 43.3 Å². The molecule has 36 heavy (non-hydrogen) atoms. The van der Waals surface area contributed by atoms with Crippen LogP contribution in [-0.4, -0.2) is 23.7 Å². The maximum Gasteiger partial charge on any atom is 0.256 e. The predicted molar refractivity (Wildman–Crippen MR) is 133 cm³/mol. The SMILES string of the molecule is Cc1ccc(NCc2cc3cc4c(cc3n(CC(=O)Nc3ccc(F)cc3F)c2=O)OCCO4)cc1. The fourth-order valence-electron chi connectivity index (χ4n) is 4.05. The molecule has 4 aromatic rings. The summed E-state index contributed by atoms with van der Waals surface area (Å²) in [5.41, 5.74) is 2.31. The third-order valence-electron chi connectivity index (χ3n) is 5.87. The van der Waals surface area contributed by atoms with Crippen molar-refractivity contribution in [3.63, 3.8) is 0 Å². The van der Waals surface area contributed by atoms with E-state index < -0.39 is 17.5 Å². The zero-order chi connectivity index (χ0) is 25.2. The van der Waals surface area contributed by atoms with Crippen LogP contribution in [0.25, 0.3) is 10.9 Å². The number of nitrogens with one attached hydrogen (secondary N) is 2. The zero-order valence-corrected chi connectivity index (χ0v) is 19.4. The number of hydrogen-bond acceptors (Lipinski definition) is 5.